The van der Waals surface area contributed by atoms with E-state index >= 15 is 0 Å². The first-order valence-corrected chi connectivity index (χ1v) is 4.09. The van der Waals surface area contributed by atoms with Crippen molar-refractivity contribution < 1.29 is 19.7 Å². The fourth-order valence-electron chi connectivity index (χ4n) is 0.451. The molecule has 0 aliphatic carbocycles. The second-order valence-electron chi connectivity index (χ2n) is 1.85. The zero-order chi connectivity index (χ0) is 13.1. The van der Waals surface area contributed by atoms with Gasteiger partial charge in [0.15, 0.2) is 0 Å². The molecule has 94 valence electrons. The molecule has 0 spiro atoms. The minimum atomic E-state index is 0.0417. The number of hydrogen-bond acceptors (Lipinski definition) is 4. The SMILES string of the molecule is OCCOCCOCCO.[N-]=[N+]=[N-].[N-]=[N+]=[N-]. The number of ether oxygens (including phenoxy) is 2. The smallest absolute Gasteiger partial charge is 0.0701 e. The Morgan fingerprint density at radius 1 is 0.688 bits per heavy atom. The number of rotatable bonds is 7. The van der Waals surface area contributed by atoms with Crippen LogP contribution in [0.4, 0.5) is 0 Å². The van der Waals surface area contributed by atoms with Crippen molar-refractivity contribution in [2.75, 3.05) is 39.6 Å². The Kier molecular flexibility index (Phi) is 36.4. The van der Waals surface area contributed by atoms with Crippen LogP contribution in [0.1, 0.15) is 0 Å². The molecule has 0 aromatic rings. The van der Waals surface area contributed by atoms with Crippen molar-refractivity contribution in [1.82, 2.24) is 0 Å². The number of hydrogen-bond donors (Lipinski definition) is 2. The van der Waals surface area contributed by atoms with E-state index < -0.39 is 0 Å². The zero-order valence-electron chi connectivity index (χ0n) is 8.64. The monoisotopic (exact) mass is 234 g/mol. The maximum atomic E-state index is 8.26. The summed E-state index contributed by atoms with van der Waals surface area (Å²) in [5.41, 5.74) is 27.0. The number of nitrogens with zero attached hydrogens (tertiary/aromatic N) is 6. The lowest BCUT2D eigenvalue weighted by Crippen LogP contribution is -2.09. The predicted molar refractivity (Wildman–Crippen MR) is 56.0 cm³/mol. The second-order valence-corrected chi connectivity index (χ2v) is 1.85. The standard InChI is InChI=1S/C6H14O4.2N3/c7-1-3-9-5-6-10-4-2-8;2*1-3-2/h7-8H,1-6H2;;/q;2*-1. The summed E-state index contributed by atoms with van der Waals surface area (Å²) in [5, 5.41) is 16.5. The topological polar surface area (TPSA) is 176 Å². The zero-order valence-corrected chi connectivity index (χ0v) is 8.64. The van der Waals surface area contributed by atoms with Gasteiger partial charge in [-0.05, 0) is 0 Å². The van der Waals surface area contributed by atoms with Crippen molar-refractivity contribution >= 4 is 0 Å². The second kappa shape index (κ2) is 29.2. The van der Waals surface area contributed by atoms with E-state index in [0.717, 1.165) is 0 Å². The van der Waals surface area contributed by atoms with E-state index in [0.29, 0.717) is 26.4 Å². The van der Waals surface area contributed by atoms with Gasteiger partial charge in [0.1, 0.15) is 0 Å². The fraction of sp³-hybridized carbons (Fsp3) is 1.00. The molecular formula is C6H14N6O4-2. The Balaban J connectivity index is -0.000000235. The Bertz CT molecular complexity index is 158. The van der Waals surface area contributed by atoms with Crippen LogP contribution < -0.4 is 0 Å². The first kappa shape index (κ1) is 19.9. The molecule has 0 bridgehead atoms. The molecule has 16 heavy (non-hydrogen) atoms. The minimum absolute atomic E-state index is 0.0417. The van der Waals surface area contributed by atoms with Crippen LogP contribution in [0.15, 0.2) is 0 Å². The van der Waals surface area contributed by atoms with Crippen molar-refractivity contribution in [3.63, 3.8) is 0 Å². The molecule has 0 unspecified atom stereocenters. The van der Waals surface area contributed by atoms with Crippen molar-refractivity contribution in [2.24, 2.45) is 0 Å². The lowest BCUT2D eigenvalue weighted by molar-refractivity contribution is 0.0222. The van der Waals surface area contributed by atoms with Gasteiger partial charge in [-0.1, -0.05) is 0 Å². The molecule has 0 aliphatic heterocycles. The molecule has 0 aromatic heterocycles. The highest BCUT2D eigenvalue weighted by molar-refractivity contribution is 4.36. The van der Waals surface area contributed by atoms with Crippen molar-refractivity contribution in [3.8, 4) is 0 Å². The highest BCUT2D eigenvalue weighted by Crippen LogP contribution is 1.76. The van der Waals surface area contributed by atoms with Gasteiger partial charge in [0.2, 0.25) is 0 Å². The van der Waals surface area contributed by atoms with Crippen LogP contribution in [0.3, 0.4) is 0 Å². The molecule has 10 nitrogen and oxygen atoms in total. The van der Waals surface area contributed by atoms with Crippen LogP contribution >= 0.6 is 0 Å². The molecule has 0 fully saturated rings. The molecular weight excluding hydrogens is 220 g/mol. The van der Waals surface area contributed by atoms with Crippen LogP contribution in [0.5, 0.6) is 0 Å². The molecule has 0 atom stereocenters. The van der Waals surface area contributed by atoms with Crippen LogP contribution in [-0.2, 0) is 9.47 Å². The van der Waals surface area contributed by atoms with Gasteiger partial charge in [0.05, 0.1) is 39.6 Å². The summed E-state index contributed by atoms with van der Waals surface area (Å²) in [5.74, 6) is 0. The van der Waals surface area contributed by atoms with Crippen LogP contribution in [0, 0.1) is 0 Å². The van der Waals surface area contributed by atoms with E-state index in [9.17, 15) is 0 Å². The molecule has 0 rings (SSSR count). The van der Waals surface area contributed by atoms with Gasteiger partial charge >= 0.3 is 0 Å². The Hall–Kier alpha value is -1.54. The summed E-state index contributed by atoms with van der Waals surface area (Å²) in [7, 11) is 0. The first-order valence-electron chi connectivity index (χ1n) is 4.09. The van der Waals surface area contributed by atoms with E-state index in [4.69, 9.17) is 41.8 Å². The lowest BCUT2D eigenvalue weighted by Gasteiger charge is -2.01. The summed E-state index contributed by atoms with van der Waals surface area (Å²) in [6.45, 7) is 1.73. The lowest BCUT2D eigenvalue weighted by atomic mass is 10.7. The number of aliphatic hydroxyl groups is 2. The third-order valence-corrected chi connectivity index (χ3v) is 0.843. The minimum Gasteiger partial charge on any atom is -0.394 e. The van der Waals surface area contributed by atoms with Gasteiger partial charge in [0.25, 0.3) is 0 Å². The Labute approximate surface area is 92.2 Å². The van der Waals surface area contributed by atoms with E-state index in [1.807, 2.05) is 0 Å². The molecule has 0 aromatic carbocycles. The van der Waals surface area contributed by atoms with Gasteiger partial charge in [-0.2, -0.15) is 0 Å². The summed E-state index contributed by atoms with van der Waals surface area (Å²) in [6, 6.07) is 0. The Morgan fingerprint density at radius 3 is 1.12 bits per heavy atom. The normalized spacial score (nSPS) is 7.38. The molecule has 0 aliphatic rings. The van der Waals surface area contributed by atoms with Crippen LogP contribution in [0.25, 0.3) is 31.9 Å². The van der Waals surface area contributed by atoms with Crippen molar-refractivity contribution in [2.45, 2.75) is 0 Å². The molecule has 2 N–H and O–H groups in total. The van der Waals surface area contributed by atoms with E-state index in [2.05, 4.69) is 0 Å². The summed E-state index contributed by atoms with van der Waals surface area (Å²) in [4.78, 5) is 3.00. The van der Waals surface area contributed by atoms with E-state index in [1.165, 1.54) is 9.82 Å². The molecule has 0 saturated carbocycles. The summed E-state index contributed by atoms with van der Waals surface area (Å²) >= 11 is 0. The average Bonchev–Trinajstić information content (AvgIpc) is 2.26. The molecule has 0 amide bonds. The van der Waals surface area contributed by atoms with Crippen LogP contribution in [0.2, 0.25) is 0 Å². The maximum Gasteiger partial charge on any atom is 0.0701 e. The molecule has 0 saturated heterocycles. The van der Waals surface area contributed by atoms with Crippen molar-refractivity contribution in [1.29, 1.82) is 0 Å². The average molecular weight is 234 g/mol. The largest absolute Gasteiger partial charge is 0.394 e. The third-order valence-electron chi connectivity index (χ3n) is 0.843. The highest BCUT2D eigenvalue weighted by Gasteiger charge is 1.86. The fourth-order valence-corrected chi connectivity index (χ4v) is 0.451. The molecule has 0 radical (unpaired) electrons. The summed E-state index contributed by atoms with van der Waals surface area (Å²) in [6.07, 6.45) is 0. The summed E-state index contributed by atoms with van der Waals surface area (Å²) < 4.78 is 9.75. The van der Waals surface area contributed by atoms with Gasteiger partial charge in [-0.3, -0.25) is 9.82 Å². The van der Waals surface area contributed by atoms with E-state index in [1.54, 1.807) is 0 Å². The van der Waals surface area contributed by atoms with Crippen LogP contribution in [-0.4, -0.2) is 49.9 Å². The number of aliphatic hydroxyl groups excluding tert-OH is 2. The van der Waals surface area contributed by atoms with Gasteiger partial charge in [-0.15, -0.1) is 0 Å². The molecule has 0 heterocycles. The third kappa shape index (κ3) is 54.9. The molecule has 10 heteroatoms. The van der Waals surface area contributed by atoms with Gasteiger partial charge in [-0.25, -0.2) is 0 Å². The predicted octanol–water partition coefficient (Wildman–Crippen LogP) is 0.736. The maximum absolute atomic E-state index is 8.26. The van der Waals surface area contributed by atoms with Gasteiger partial charge < -0.3 is 41.8 Å². The Morgan fingerprint density at radius 2 is 0.938 bits per heavy atom. The van der Waals surface area contributed by atoms with Crippen molar-refractivity contribution in [3.05, 3.63) is 31.9 Å². The first-order chi connectivity index (χ1) is 7.74. The van der Waals surface area contributed by atoms with Gasteiger partial charge in [0, 0.05) is 0 Å². The van der Waals surface area contributed by atoms with E-state index in [-0.39, 0.29) is 13.2 Å². The quantitative estimate of drug-likeness (QED) is 0.285. The highest BCUT2D eigenvalue weighted by atomic mass is 16.5.